The van der Waals surface area contributed by atoms with Gasteiger partial charge in [-0.3, -0.25) is 14.6 Å². The Labute approximate surface area is 205 Å². The summed E-state index contributed by atoms with van der Waals surface area (Å²) in [6.45, 7) is 0. The van der Waals surface area contributed by atoms with E-state index < -0.39 is 22.7 Å². The molecule has 13 heteroatoms. The number of thiazole rings is 1. The van der Waals surface area contributed by atoms with Crippen molar-refractivity contribution in [3.05, 3.63) is 81.5 Å². The fourth-order valence-electron chi connectivity index (χ4n) is 2.96. The molecule has 0 atom stereocenters. The van der Waals surface area contributed by atoms with Crippen LogP contribution >= 0.6 is 22.9 Å². The van der Waals surface area contributed by atoms with Gasteiger partial charge in [0.05, 0.1) is 27.5 Å². The highest BCUT2D eigenvalue weighted by molar-refractivity contribution is 7.13. The Kier molecular flexibility index (Phi) is 7.12. The van der Waals surface area contributed by atoms with E-state index in [4.69, 9.17) is 11.6 Å². The molecule has 178 valence electrons. The van der Waals surface area contributed by atoms with Gasteiger partial charge in [-0.2, -0.15) is 13.2 Å². The minimum Gasteiger partial charge on any atom is -0.306 e. The molecule has 8 nitrogen and oxygen atoms in total. The summed E-state index contributed by atoms with van der Waals surface area (Å²) in [7, 11) is 0. The number of aryl methyl sites for hydroxylation is 1. The molecule has 4 rings (SSSR count). The molecule has 1 N–H and O–H groups in total. The fourth-order valence-corrected chi connectivity index (χ4v) is 3.99. The highest BCUT2D eigenvalue weighted by Crippen LogP contribution is 2.35. The largest absolute Gasteiger partial charge is 0.418 e. The van der Waals surface area contributed by atoms with E-state index in [1.165, 1.54) is 12.5 Å². The second-order valence-corrected chi connectivity index (χ2v) is 8.60. The highest BCUT2D eigenvalue weighted by Gasteiger charge is 2.34. The van der Waals surface area contributed by atoms with Crippen LogP contribution in [0.1, 0.15) is 37.2 Å². The number of nitrogens with one attached hydrogen (secondary N) is 1. The number of aromatic nitrogens is 5. The number of rotatable bonds is 7. The molecule has 0 unspecified atom stereocenters. The van der Waals surface area contributed by atoms with E-state index in [0.717, 1.165) is 23.1 Å². The number of alkyl halides is 3. The number of nitrogens with zero attached hydrogens (tertiary/aromatic N) is 5. The van der Waals surface area contributed by atoms with Crippen molar-refractivity contribution in [2.75, 3.05) is 5.32 Å². The summed E-state index contributed by atoms with van der Waals surface area (Å²) >= 11 is 6.56. The van der Waals surface area contributed by atoms with Crippen molar-refractivity contribution < 1.29 is 22.8 Å². The number of amides is 1. The minimum absolute atomic E-state index is 0.0890. The van der Waals surface area contributed by atoms with Crippen molar-refractivity contribution in [1.29, 1.82) is 0 Å². The number of halogens is 4. The number of hydrogen-bond donors (Lipinski definition) is 1. The van der Waals surface area contributed by atoms with Gasteiger partial charge in [0, 0.05) is 37.0 Å². The third-order valence-electron chi connectivity index (χ3n) is 4.66. The van der Waals surface area contributed by atoms with Crippen LogP contribution in [-0.4, -0.2) is 36.6 Å². The van der Waals surface area contributed by atoms with Crippen molar-refractivity contribution >= 4 is 40.4 Å². The summed E-state index contributed by atoms with van der Waals surface area (Å²) in [4.78, 5) is 45.2. The number of anilines is 1. The molecule has 4 aromatic rings. The normalized spacial score (nSPS) is 11.3. The topological polar surface area (TPSA) is 111 Å². The fraction of sp³-hybridized carbons (Fsp3) is 0.136. The van der Waals surface area contributed by atoms with Gasteiger partial charge in [0.25, 0.3) is 5.91 Å². The molecular formula is C22H14ClF3N6O2S. The van der Waals surface area contributed by atoms with Crippen LogP contribution in [0, 0.1) is 0 Å². The number of hydrogen-bond acceptors (Lipinski definition) is 8. The Morgan fingerprint density at radius 3 is 2.63 bits per heavy atom. The molecule has 0 saturated carbocycles. The number of pyridine rings is 2. The van der Waals surface area contributed by atoms with Crippen LogP contribution < -0.4 is 5.32 Å². The van der Waals surface area contributed by atoms with Gasteiger partial charge >= 0.3 is 6.18 Å². The van der Waals surface area contributed by atoms with Crippen LogP contribution in [0.3, 0.4) is 0 Å². The second-order valence-electron chi connectivity index (χ2n) is 7.07. The molecule has 0 aliphatic carbocycles. The monoisotopic (exact) mass is 518 g/mol. The lowest BCUT2D eigenvalue weighted by Crippen LogP contribution is -2.13. The highest BCUT2D eigenvalue weighted by atomic mass is 35.5. The lowest BCUT2D eigenvalue weighted by atomic mass is 10.1. The Hall–Kier alpha value is -3.77. The van der Waals surface area contributed by atoms with Crippen molar-refractivity contribution in [2.45, 2.75) is 19.0 Å². The Morgan fingerprint density at radius 2 is 1.89 bits per heavy atom. The molecule has 4 aromatic heterocycles. The zero-order chi connectivity index (χ0) is 25.0. The summed E-state index contributed by atoms with van der Waals surface area (Å²) in [5.74, 6) is -1.21. The van der Waals surface area contributed by atoms with Crippen LogP contribution in [0.25, 0.3) is 11.3 Å². The van der Waals surface area contributed by atoms with E-state index in [0.29, 0.717) is 16.8 Å². The van der Waals surface area contributed by atoms with Crippen molar-refractivity contribution in [3.8, 4) is 11.3 Å². The summed E-state index contributed by atoms with van der Waals surface area (Å²) < 4.78 is 39.0. The van der Waals surface area contributed by atoms with E-state index in [9.17, 15) is 22.8 Å². The van der Waals surface area contributed by atoms with Gasteiger partial charge in [-0.15, -0.1) is 11.3 Å². The first kappa shape index (κ1) is 24.4. The van der Waals surface area contributed by atoms with Gasteiger partial charge in [-0.05, 0) is 24.3 Å². The Morgan fingerprint density at radius 1 is 1.06 bits per heavy atom. The molecule has 0 bridgehead atoms. The smallest absolute Gasteiger partial charge is 0.306 e. The quantitative estimate of drug-likeness (QED) is 0.338. The molecule has 0 aliphatic heterocycles. The van der Waals surface area contributed by atoms with E-state index >= 15 is 0 Å². The zero-order valence-corrected chi connectivity index (χ0v) is 19.2. The van der Waals surface area contributed by atoms with Crippen LogP contribution in [0.15, 0.2) is 55.4 Å². The maximum atomic E-state index is 13.0. The molecule has 0 aromatic carbocycles. The number of Topliss-reactive ketones (excluding diaryl/α,β-unsaturated/α-hetero) is 1. The SMILES string of the molecule is O=C(CCc1ncc(C(=O)Nc2cc(C(F)(F)F)c(Cl)cn2)s1)c1cc(-c2cccnc2)ncn1. The van der Waals surface area contributed by atoms with Gasteiger partial charge < -0.3 is 5.32 Å². The van der Waals surface area contributed by atoms with Crippen LogP contribution in [0.5, 0.6) is 0 Å². The van der Waals surface area contributed by atoms with E-state index in [1.807, 2.05) is 6.07 Å². The molecule has 0 saturated heterocycles. The van der Waals surface area contributed by atoms with E-state index in [2.05, 4.69) is 30.2 Å². The summed E-state index contributed by atoms with van der Waals surface area (Å²) in [5, 5.41) is 2.23. The zero-order valence-electron chi connectivity index (χ0n) is 17.6. The maximum absolute atomic E-state index is 13.0. The van der Waals surface area contributed by atoms with Gasteiger partial charge in [-0.25, -0.2) is 19.9 Å². The molecule has 0 radical (unpaired) electrons. The van der Waals surface area contributed by atoms with Gasteiger partial charge in [0.2, 0.25) is 0 Å². The lowest BCUT2D eigenvalue weighted by molar-refractivity contribution is -0.137. The molecular weight excluding hydrogens is 505 g/mol. The second kappa shape index (κ2) is 10.2. The van der Waals surface area contributed by atoms with Crippen LogP contribution in [0.2, 0.25) is 5.02 Å². The molecule has 35 heavy (non-hydrogen) atoms. The molecule has 0 spiro atoms. The third-order valence-corrected chi connectivity index (χ3v) is 6.01. The average Bonchev–Trinajstić information content (AvgIpc) is 3.33. The average molecular weight is 519 g/mol. The lowest BCUT2D eigenvalue weighted by Gasteiger charge is -2.10. The van der Waals surface area contributed by atoms with Crippen LogP contribution in [-0.2, 0) is 12.6 Å². The van der Waals surface area contributed by atoms with E-state index in [1.54, 1.807) is 24.5 Å². The van der Waals surface area contributed by atoms with Crippen LogP contribution in [0.4, 0.5) is 19.0 Å². The molecule has 4 heterocycles. The summed E-state index contributed by atoms with van der Waals surface area (Å²) in [6, 6.07) is 5.80. The number of ketones is 1. The number of carbonyl (C=O) groups excluding carboxylic acids is 2. The number of carbonyl (C=O) groups is 2. The Balaban J connectivity index is 1.38. The minimum atomic E-state index is -4.69. The van der Waals surface area contributed by atoms with Gasteiger partial charge in [0.1, 0.15) is 22.7 Å². The van der Waals surface area contributed by atoms with E-state index in [-0.39, 0.29) is 35.0 Å². The van der Waals surface area contributed by atoms with Crippen molar-refractivity contribution in [1.82, 2.24) is 24.9 Å². The first-order chi connectivity index (χ1) is 16.7. The molecule has 0 fully saturated rings. The van der Waals surface area contributed by atoms with Gasteiger partial charge in [-0.1, -0.05) is 11.6 Å². The van der Waals surface area contributed by atoms with Gasteiger partial charge in [0.15, 0.2) is 5.78 Å². The summed E-state index contributed by atoms with van der Waals surface area (Å²) in [5.41, 5.74) is 0.443. The standard InChI is InChI=1S/C22H14ClF3N6O2S/c23-14-9-28-19(6-13(14)22(24,25)26)32-21(34)18-10-29-20(35-18)4-3-17(33)16-7-15(30-11-31-16)12-2-1-5-27-8-12/h1-2,5-11H,3-4H2,(H,28,32,34). The maximum Gasteiger partial charge on any atom is 0.418 e. The summed E-state index contributed by atoms with van der Waals surface area (Å²) in [6.07, 6.45) is 2.31. The molecule has 1 amide bonds. The Bertz CT molecular complexity index is 1380. The third kappa shape index (κ3) is 6.03. The first-order valence-electron chi connectivity index (χ1n) is 9.95. The first-order valence-corrected chi connectivity index (χ1v) is 11.1. The van der Waals surface area contributed by atoms with Crippen molar-refractivity contribution in [2.24, 2.45) is 0 Å². The predicted octanol–water partition coefficient (Wildman–Crippen LogP) is 5.13. The molecule has 0 aliphatic rings. The van der Waals surface area contributed by atoms with Crippen molar-refractivity contribution in [3.63, 3.8) is 0 Å². The predicted molar refractivity (Wildman–Crippen MR) is 122 cm³/mol.